The van der Waals surface area contributed by atoms with Crippen molar-refractivity contribution in [3.63, 3.8) is 0 Å². The lowest BCUT2D eigenvalue weighted by molar-refractivity contribution is 0.274. The second kappa shape index (κ2) is 5.00. The van der Waals surface area contributed by atoms with Crippen molar-refractivity contribution in [3.05, 3.63) is 11.6 Å². The van der Waals surface area contributed by atoms with E-state index in [0.717, 1.165) is 18.2 Å². The van der Waals surface area contributed by atoms with Crippen molar-refractivity contribution in [2.45, 2.75) is 52.0 Å². The van der Waals surface area contributed by atoms with Crippen LogP contribution >= 0.6 is 0 Å². The van der Waals surface area contributed by atoms with E-state index in [2.05, 4.69) is 33.9 Å². The van der Waals surface area contributed by atoms with Crippen LogP contribution in [-0.2, 0) is 6.42 Å². The lowest BCUT2D eigenvalue weighted by Gasteiger charge is -2.28. The van der Waals surface area contributed by atoms with E-state index in [0.29, 0.717) is 12.0 Å². The Labute approximate surface area is 109 Å². The number of piperidine rings is 1. The third-order valence-electron chi connectivity index (χ3n) is 4.49. The minimum atomic E-state index is 0.701. The van der Waals surface area contributed by atoms with Gasteiger partial charge in [-0.3, -0.25) is 0 Å². The highest BCUT2D eigenvalue weighted by atomic mass is 15.3. The zero-order valence-corrected chi connectivity index (χ0v) is 11.5. The van der Waals surface area contributed by atoms with E-state index in [-0.39, 0.29) is 0 Å². The predicted molar refractivity (Wildman–Crippen MR) is 71.5 cm³/mol. The monoisotopic (exact) mass is 248 g/mol. The molecule has 18 heavy (non-hydrogen) atoms. The first kappa shape index (κ1) is 12.2. The topological polar surface area (TPSA) is 42.7 Å². The Morgan fingerprint density at radius 3 is 2.83 bits per heavy atom. The zero-order chi connectivity index (χ0) is 12.5. The minimum absolute atomic E-state index is 0.701. The zero-order valence-electron chi connectivity index (χ0n) is 11.5. The highest BCUT2D eigenvalue weighted by molar-refractivity contribution is 5.02. The Morgan fingerprint density at radius 1 is 1.33 bits per heavy atom. The van der Waals surface area contributed by atoms with E-state index in [4.69, 9.17) is 0 Å². The van der Waals surface area contributed by atoms with Crippen molar-refractivity contribution >= 4 is 0 Å². The van der Waals surface area contributed by atoms with Gasteiger partial charge in [0.25, 0.3) is 0 Å². The van der Waals surface area contributed by atoms with Gasteiger partial charge in [0.1, 0.15) is 11.6 Å². The molecule has 1 aromatic heterocycles. The van der Waals surface area contributed by atoms with Crippen LogP contribution in [0.15, 0.2) is 0 Å². The smallest absolute Gasteiger partial charge is 0.133 e. The molecule has 0 aromatic carbocycles. The number of aryl methyl sites for hydroxylation is 1. The molecule has 0 radical (unpaired) electrons. The quantitative estimate of drug-likeness (QED) is 0.887. The summed E-state index contributed by atoms with van der Waals surface area (Å²) in [5.41, 5.74) is 0. The summed E-state index contributed by atoms with van der Waals surface area (Å²) in [5.74, 6) is 3.83. The average molecular weight is 248 g/mol. The van der Waals surface area contributed by atoms with Crippen LogP contribution in [0, 0.1) is 18.8 Å². The molecule has 1 aliphatic heterocycles. The van der Waals surface area contributed by atoms with E-state index in [1.807, 2.05) is 0 Å². The molecule has 1 N–H and O–H groups in total. The molecule has 2 unspecified atom stereocenters. The SMILES string of the molecule is Cc1nnc(CC(C)C2CCCNC2)n1C1CC1. The van der Waals surface area contributed by atoms with Crippen molar-refractivity contribution < 1.29 is 0 Å². The molecule has 0 amide bonds. The Balaban J connectivity index is 1.67. The molecular formula is C14H24N4. The van der Waals surface area contributed by atoms with E-state index >= 15 is 0 Å². The molecular weight excluding hydrogens is 224 g/mol. The summed E-state index contributed by atoms with van der Waals surface area (Å²) in [7, 11) is 0. The van der Waals surface area contributed by atoms with Crippen molar-refractivity contribution in [1.29, 1.82) is 0 Å². The lowest BCUT2D eigenvalue weighted by atomic mass is 9.85. The van der Waals surface area contributed by atoms with Gasteiger partial charge in [-0.1, -0.05) is 6.92 Å². The van der Waals surface area contributed by atoms with Crippen LogP contribution in [0.1, 0.15) is 50.3 Å². The number of rotatable bonds is 4. The molecule has 0 bridgehead atoms. The predicted octanol–water partition coefficient (Wildman–Crippen LogP) is 2.10. The second-order valence-corrected chi connectivity index (χ2v) is 6.05. The average Bonchev–Trinajstić information content (AvgIpc) is 3.16. The highest BCUT2D eigenvalue weighted by Gasteiger charge is 2.29. The fourth-order valence-electron chi connectivity index (χ4n) is 3.18. The maximum Gasteiger partial charge on any atom is 0.133 e. The van der Waals surface area contributed by atoms with Gasteiger partial charge < -0.3 is 9.88 Å². The summed E-state index contributed by atoms with van der Waals surface area (Å²) < 4.78 is 2.38. The van der Waals surface area contributed by atoms with E-state index in [1.165, 1.54) is 44.6 Å². The first-order chi connectivity index (χ1) is 8.75. The Hall–Kier alpha value is -0.900. The molecule has 0 spiro atoms. The van der Waals surface area contributed by atoms with Crippen molar-refractivity contribution in [3.8, 4) is 0 Å². The summed E-state index contributed by atoms with van der Waals surface area (Å²) in [5, 5.41) is 12.2. The molecule has 4 nitrogen and oxygen atoms in total. The normalized spacial score (nSPS) is 26.2. The molecule has 3 rings (SSSR count). The fourth-order valence-corrected chi connectivity index (χ4v) is 3.18. The van der Waals surface area contributed by atoms with Gasteiger partial charge in [-0.2, -0.15) is 0 Å². The van der Waals surface area contributed by atoms with Crippen molar-refractivity contribution in [2.75, 3.05) is 13.1 Å². The molecule has 2 atom stereocenters. The maximum absolute atomic E-state index is 4.40. The molecule has 1 aromatic rings. The van der Waals surface area contributed by atoms with Gasteiger partial charge in [0.2, 0.25) is 0 Å². The number of nitrogens with zero attached hydrogens (tertiary/aromatic N) is 3. The Kier molecular flexibility index (Phi) is 3.37. The van der Waals surface area contributed by atoms with Gasteiger partial charge in [-0.15, -0.1) is 10.2 Å². The van der Waals surface area contributed by atoms with Crippen LogP contribution < -0.4 is 5.32 Å². The molecule has 1 aliphatic carbocycles. The molecule has 1 saturated heterocycles. The summed E-state index contributed by atoms with van der Waals surface area (Å²) in [6, 6.07) is 0.701. The van der Waals surface area contributed by atoms with E-state index in [1.54, 1.807) is 0 Å². The molecule has 2 aliphatic rings. The minimum Gasteiger partial charge on any atom is -0.316 e. The first-order valence-corrected chi connectivity index (χ1v) is 7.37. The summed E-state index contributed by atoms with van der Waals surface area (Å²) in [4.78, 5) is 0. The summed E-state index contributed by atoms with van der Waals surface area (Å²) >= 11 is 0. The molecule has 100 valence electrons. The number of hydrogen-bond acceptors (Lipinski definition) is 3. The van der Waals surface area contributed by atoms with Gasteiger partial charge in [-0.05, 0) is 57.5 Å². The van der Waals surface area contributed by atoms with E-state index < -0.39 is 0 Å². The van der Waals surface area contributed by atoms with Gasteiger partial charge in [0.15, 0.2) is 0 Å². The molecule has 1 saturated carbocycles. The lowest BCUT2D eigenvalue weighted by Crippen LogP contribution is -2.34. The van der Waals surface area contributed by atoms with Crippen LogP contribution in [0.5, 0.6) is 0 Å². The largest absolute Gasteiger partial charge is 0.316 e. The van der Waals surface area contributed by atoms with Gasteiger partial charge in [0.05, 0.1) is 0 Å². The standard InChI is InChI=1S/C14H24N4/c1-10(12-4-3-7-15-9-12)8-14-17-16-11(2)18(14)13-5-6-13/h10,12-13,15H,3-9H2,1-2H3. The number of aromatic nitrogens is 3. The molecule has 2 heterocycles. The molecule has 4 heteroatoms. The van der Waals surface area contributed by atoms with Crippen LogP contribution in [0.2, 0.25) is 0 Å². The third-order valence-corrected chi connectivity index (χ3v) is 4.49. The number of hydrogen-bond donors (Lipinski definition) is 1. The van der Waals surface area contributed by atoms with Crippen LogP contribution in [0.25, 0.3) is 0 Å². The highest BCUT2D eigenvalue weighted by Crippen LogP contribution is 2.37. The second-order valence-electron chi connectivity index (χ2n) is 6.05. The third kappa shape index (κ3) is 2.44. The van der Waals surface area contributed by atoms with Crippen LogP contribution in [-0.4, -0.2) is 27.9 Å². The molecule has 2 fully saturated rings. The first-order valence-electron chi connectivity index (χ1n) is 7.37. The number of nitrogens with one attached hydrogen (secondary N) is 1. The van der Waals surface area contributed by atoms with Crippen LogP contribution in [0.4, 0.5) is 0 Å². The van der Waals surface area contributed by atoms with Gasteiger partial charge in [-0.25, -0.2) is 0 Å². The van der Waals surface area contributed by atoms with Gasteiger partial charge >= 0.3 is 0 Å². The van der Waals surface area contributed by atoms with Crippen LogP contribution in [0.3, 0.4) is 0 Å². The summed E-state index contributed by atoms with van der Waals surface area (Å²) in [6.45, 7) is 6.83. The Morgan fingerprint density at radius 2 is 2.17 bits per heavy atom. The summed E-state index contributed by atoms with van der Waals surface area (Å²) in [6.07, 6.45) is 6.40. The maximum atomic E-state index is 4.40. The van der Waals surface area contributed by atoms with Crippen molar-refractivity contribution in [1.82, 2.24) is 20.1 Å². The van der Waals surface area contributed by atoms with Gasteiger partial charge in [0, 0.05) is 12.5 Å². The fraction of sp³-hybridized carbons (Fsp3) is 0.857. The van der Waals surface area contributed by atoms with E-state index in [9.17, 15) is 0 Å². The Bertz CT molecular complexity index is 402. The van der Waals surface area contributed by atoms with Crippen molar-refractivity contribution in [2.24, 2.45) is 11.8 Å².